The van der Waals surface area contributed by atoms with Crippen LogP contribution in [0.5, 0.6) is 11.5 Å². The fraction of sp³-hybridized carbons (Fsp3) is 0.381. The molecule has 0 unspecified atom stereocenters. The van der Waals surface area contributed by atoms with Crippen LogP contribution in [0, 0.1) is 5.92 Å². The number of carbonyl (C=O) groups excluding carboxylic acids is 1. The molecule has 0 saturated heterocycles. The lowest BCUT2D eigenvalue weighted by molar-refractivity contribution is 0.0954. The van der Waals surface area contributed by atoms with Gasteiger partial charge >= 0.3 is 0 Å². The second-order valence-corrected chi connectivity index (χ2v) is 6.49. The summed E-state index contributed by atoms with van der Waals surface area (Å²) in [6.45, 7) is 4.95. The first-order chi connectivity index (χ1) is 12.0. The highest BCUT2D eigenvalue weighted by atomic mass is 16.5. The molecular formula is C21H27NO3. The van der Waals surface area contributed by atoms with Gasteiger partial charge in [0.1, 0.15) is 0 Å². The van der Waals surface area contributed by atoms with Crippen molar-refractivity contribution in [3.8, 4) is 11.5 Å². The van der Waals surface area contributed by atoms with Crippen LogP contribution >= 0.6 is 0 Å². The van der Waals surface area contributed by atoms with Crippen molar-refractivity contribution in [2.75, 3.05) is 20.8 Å². The van der Waals surface area contributed by atoms with Crippen LogP contribution in [0.1, 0.15) is 35.3 Å². The summed E-state index contributed by atoms with van der Waals surface area (Å²) in [6.07, 6.45) is 1.76. The summed E-state index contributed by atoms with van der Waals surface area (Å²) in [5.74, 6) is 1.97. The third kappa shape index (κ3) is 5.52. The number of carbonyl (C=O) groups is 1. The zero-order valence-electron chi connectivity index (χ0n) is 15.5. The molecule has 1 N–H and O–H groups in total. The molecule has 2 aromatic rings. The molecule has 134 valence electrons. The number of hydrogen-bond acceptors (Lipinski definition) is 3. The number of ether oxygens (including phenoxy) is 2. The molecule has 0 fully saturated rings. The molecule has 2 rings (SSSR count). The molecule has 4 nitrogen and oxygen atoms in total. The zero-order chi connectivity index (χ0) is 18.2. The van der Waals surface area contributed by atoms with Gasteiger partial charge in [0, 0.05) is 12.1 Å². The third-order valence-corrected chi connectivity index (χ3v) is 4.01. The maximum Gasteiger partial charge on any atom is 0.251 e. The van der Waals surface area contributed by atoms with E-state index in [4.69, 9.17) is 9.47 Å². The van der Waals surface area contributed by atoms with Crippen LogP contribution in [-0.4, -0.2) is 26.7 Å². The number of hydrogen-bond donors (Lipinski definition) is 1. The third-order valence-electron chi connectivity index (χ3n) is 4.01. The van der Waals surface area contributed by atoms with Crippen LogP contribution in [0.2, 0.25) is 0 Å². The molecule has 1 amide bonds. The van der Waals surface area contributed by atoms with Gasteiger partial charge in [0.2, 0.25) is 0 Å². The average Bonchev–Trinajstić information content (AvgIpc) is 2.61. The second-order valence-electron chi connectivity index (χ2n) is 6.49. The van der Waals surface area contributed by atoms with E-state index < -0.39 is 0 Å². The Hall–Kier alpha value is -2.49. The standard InChI is InChI=1S/C21H27NO3/c1-15(2)13-16-5-8-18(9-6-16)21(23)22-12-11-17-7-10-19(24-3)20(14-17)25-4/h5-10,14-15H,11-13H2,1-4H3,(H,22,23). The summed E-state index contributed by atoms with van der Waals surface area (Å²) < 4.78 is 10.5. The van der Waals surface area contributed by atoms with Gasteiger partial charge in [-0.15, -0.1) is 0 Å². The summed E-state index contributed by atoms with van der Waals surface area (Å²) in [7, 11) is 3.23. The van der Waals surface area contributed by atoms with Crippen molar-refractivity contribution in [3.05, 3.63) is 59.2 Å². The Kier molecular flexibility index (Phi) is 6.87. The predicted molar refractivity (Wildman–Crippen MR) is 101 cm³/mol. The molecule has 2 aromatic carbocycles. The van der Waals surface area contributed by atoms with Crippen molar-refractivity contribution in [1.82, 2.24) is 5.32 Å². The summed E-state index contributed by atoms with van der Waals surface area (Å²) >= 11 is 0. The Morgan fingerprint density at radius 1 is 0.960 bits per heavy atom. The van der Waals surface area contributed by atoms with Gasteiger partial charge in [0.15, 0.2) is 11.5 Å². The van der Waals surface area contributed by atoms with Gasteiger partial charge in [-0.25, -0.2) is 0 Å². The van der Waals surface area contributed by atoms with Gasteiger partial charge < -0.3 is 14.8 Å². The van der Waals surface area contributed by atoms with Crippen LogP contribution in [0.25, 0.3) is 0 Å². The van der Waals surface area contributed by atoms with E-state index in [-0.39, 0.29) is 5.91 Å². The van der Waals surface area contributed by atoms with Gasteiger partial charge in [0.25, 0.3) is 5.91 Å². The summed E-state index contributed by atoms with van der Waals surface area (Å²) in [5, 5.41) is 2.96. The lowest BCUT2D eigenvalue weighted by Crippen LogP contribution is -2.25. The molecule has 0 radical (unpaired) electrons. The first-order valence-electron chi connectivity index (χ1n) is 8.61. The van der Waals surface area contributed by atoms with Crippen LogP contribution in [0.15, 0.2) is 42.5 Å². The van der Waals surface area contributed by atoms with Gasteiger partial charge in [-0.2, -0.15) is 0 Å². The minimum atomic E-state index is -0.0448. The van der Waals surface area contributed by atoms with E-state index in [9.17, 15) is 4.79 Å². The smallest absolute Gasteiger partial charge is 0.251 e. The molecule has 25 heavy (non-hydrogen) atoms. The molecule has 0 aliphatic heterocycles. The number of methoxy groups -OCH3 is 2. The second kappa shape index (κ2) is 9.11. The van der Waals surface area contributed by atoms with Crippen molar-refractivity contribution >= 4 is 5.91 Å². The lowest BCUT2D eigenvalue weighted by Gasteiger charge is -2.10. The molecular weight excluding hydrogens is 314 g/mol. The Morgan fingerprint density at radius 2 is 1.60 bits per heavy atom. The Bertz CT molecular complexity index is 693. The monoisotopic (exact) mass is 341 g/mol. The van der Waals surface area contributed by atoms with Crippen LogP contribution < -0.4 is 14.8 Å². The molecule has 4 heteroatoms. The predicted octanol–water partition coefficient (Wildman–Crippen LogP) is 3.87. The van der Waals surface area contributed by atoms with Gasteiger partial charge in [-0.3, -0.25) is 4.79 Å². The summed E-state index contributed by atoms with van der Waals surface area (Å²) in [4.78, 5) is 12.2. The molecule has 0 aliphatic rings. The van der Waals surface area contributed by atoms with Crippen LogP contribution in [-0.2, 0) is 12.8 Å². The quantitative estimate of drug-likeness (QED) is 0.793. The number of benzene rings is 2. The Balaban J connectivity index is 1.88. The molecule has 0 spiro atoms. The highest BCUT2D eigenvalue weighted by Gasteiger charge is 2.07. The van der Waals surface area contributed by atoms with Crippen molar-refractivity contribution < 1.29 is 14.3 Å². The first-order valence-corrected chi connectivity index (χ1v) is 8.61. The molecule has 0 saturated carbocycles. The van der Waals surface area contributed by atoms with Crippen molar-refractivity contribution in [2.45, 2.75) is 26.7 Å². The van der Waals surface area contributed by atoms with E-state index in [0.29, 0.717) is 29.5 Å². The van der Waals surface area contributed by atoms with E-state index in [2.05, 4.69) is 19.2 Å². The molecule has 0 atom stereocenters. The Morgan fingerprint density at radius 3 is 2.20 bits per heavy atom. The van der Waals surface area contributed by atoms with Crippen molar-refractivity contribution in [3.63, 3.8) is 0 Å². The molecule has 0 aliphatic carbocycles. The van der Waals surface area contributed by atoms with Gasteiger partial charge in [0.05, 0.1) is 14.2 Å². The highest BCUT2D eigenvalue weighted by molar-refractivity contribution is 5.94. The fourth-order valence-electron chi connectivity index (χ4n) is 2.72. The van der Waals surface area contributed by atoms with Gasteiger partial charge in [-0.05, 0) is 54.2 Å². The number of rotatable bonds is 8. The lowest BCUT2D eigenvalue weighted by atomic mass is 10.0. The number of amides is 1. The topological polar surface area (TPSA) is 47.6 Å². The maximum atomic E-state index is 12.2. The molecule has 0 aromatic heterocycles. The van der Waals surface area contributed by atoms with E-state index in [0.717, 1.165) is 18.4 Å². The zero-order valence-corrected chi connectivity index (χ0v) is 15.5. The summed E-state index contributed by atoms with van der Waals surface area (Å²) in [5.41, 5.74) is 3.04. The van der Waals surface area contributed by atoms with Crippen molar-refractivity contribution in [1.29, 1.82) is 0 Å². The van der Waals surface area contributed by atoms with E-state index >= 15 is 0 Å². The fourth-order valence-corrected chi connectivity index (χ4v) is 2.72. The molecule has 0 heterocycles. The minimum absolute atomic E-state index is 0.0448. The maximum absolute atomic E-state index is 12.2. The van der Waals surface area contributed by atoms with Gasteiger partial charge in [-0.1, -0.05) is 32.0 Å². The average molecular weight is 341 g/mol. The Labute approximate surface area is 150 Å². The first kappa shape index (κ1) is 18.8. The summed E-state index contributed by atoms with van der Waals surface area (Å²) in [6, 6.07) is 13.6. The minimum Gasteiger partial charge on any atom is -0.493 e. The van der Waals surface area contributed by atoms with Crippen molar-refractivity contribution in [2.24, 2.45) is 5.92 Å². The van der Waals surface area contributed by atoms with E-state index in [1.54, 1.807) is 14.2 Å². The normalized spacial score (nSPS) is 10.6. The SMILES string of the molecule is COc1ccc(CCNC(=O)c2ccc(CC(C)C)cc2)cc1OC. The highest BCUT2D eigenvalue weighted by Crippen LogP contribution is 2.27. The molecule has 0 bridgehead atoms. The van der Waals surface area contributed by atoms with Crippen LogP contribution in [0.3, 0.4) is 0 Å². The van der Waals surface area contributed by atoms with E-state index in [1.807, 2.05) is 42.5 Å². The number of nitrogens with one attached hydrogen (secondary N) is 1. The van der Waals surface area contributed by atoms with E-state index in [1.165, 1.54) is 5.56 Å². The van der Waals surface area contributed by atoms with Crippen LogP contribution in [0.4, 0.5) is 0 Å². The largest absolute Gasteiger partial charge is 0.493 e.